The molecule has 7 heteroatoms. The van der Waals surface area contributed by atoms with Gasteiger partial charge in [-0.15, -0.1) is 11.3 Å². The lowest BCUT2D eigenvalue weighted by molar-refractivity contribution is -0.139. The van der Waals surface area contributed by atoms with E-state index in [2.05, 4.69) is 14.7 Å². The van der Waals surface area contributed by atoms with E-state index in [4.69, 9.17) is 11.6 Å². The number of thiophene rings is 1. The van der Waals surface area contributed by atoms with Gasteiger partial charge in [-0.25, -0.2) is 0 Å². The van der Waals surface area contributed by atoms with E-state index in [0.717, 1.165) is 26.6 Å². The highest BCUT2D eigenvalue weighted by Crippen LogP contribution is 2.34. The van der Waals surface area contributed by atoms with Gasteiger partial charge in [0.05, 0.1) is 12.7 Å². The fraction of sp³-hybridized carbons (Fsp3) is 0.222. The molecule has 5 nitrogen and oxygen atoms in total. The van der Waals surface area contributed by atoms with Gasteiger partial charge in [0.1, 0.15) is 10.6 Å². The number of nitrogens with one attached hydrogen (secondary N) is 1. The molecule has 2 heterocycles. The second-order valence-corrected chi connectivity index (χ2v) is 7.27. The maximum atomic E-state index is 12.5. The molecule has 128 valence electrons. The summed E-state index contributed by atoms with van der Waals surface area (Å²) in [5, 5.41) is 4.21. The maximum Gasteiger partial charge on any atom is 0.380 e. The van der Waals surface area contributed by atoms with Crippen molar-refractivity contribution >= 4 is 51.2 Å². The summed E-state index contributed by atoms with van der Waals surface area (Å²) in [4.78, 5) is 25.3. The summed E-state index contributed by atoms with van der Waals surface area (Å²) in [5.74, 6) is -0.903. The van der Waals surface area contributed by atoms with E-state index in [0.29, 0.717) is 10.7 Å². The molecule has 1 aliphatic rings. The molecule has 1 aliphatic heterocycles. The van der Waals surface area contributed by atoms with Crippen LogP contribution in [0.25, 0.3) is 0 Å². The minimum Gasteiger partial charge on any atom is -0.469 e. The van der Waals surface area contributed by atoms with Crippen molar-refractivity contribution in [2.45, 2.75) is 20.3 Å². The Morgan fingerprint density at radius 1 is 1.28 bits per heavy atom. The average Bonchev–Trinajstić information content (AvgIpc) is 2.78. The molecule has 0 unspecified atom stereocenters. The predicted molar refractivity (Wildman–Crippen MR) is 101 cm³/mol. The highest BCUT2D eigenvalue weighted by atomic mass is 35.5. The Kier molecular flexibility index (Phi) is 4.77. The van der Waals surface area contributed by atoms with Crippen LogP contribution in [0.1, 0.15) is 28.0 Å². The third-order valence-corrected chi connectivity index (χ3v) is 5.39. The minimum absolute atomic E-state index is 0.122. The van der Waals surface area contributed by atoms with Crippen LogP contribution in [-0.2, 0) is 14.3 Å². The number of carbonyl (C=O) groups is 2. The lowest BCUT2D eigenvalue weighted by Gasteiger charge is -2.00. The number of benzene rings is 1. The summed E-state index contributed by atoms with van der Waals surface area (Å²) in [7, 11) is 1.28. The smallest absolute Gasteiger partial charge is 0.380 e. The molecule has 1 aromatic carbocycles. The van der Waals surface area contributed by atoms with E-state index >= 15 is 0 Å². The van der Waals surface area contributed by atoms with Crippen molar-refractivity contribution in [2.75, 3.05) is 12.4 Å². The van der Waals surface area contributed by atoms with Crippen molar-refractivity contribution in [1.29, 1.82) is 0 Å². The van der Waals surface area contributed by atoms with Crippen LogP contribution < -0.4 is 9.98 Å². The maximum absolute atomic E-state index is 12.5. The third kappa shape index (κ3) is 3.37. The Labute approximate surface area is 154 Å². The molecule has 1 N–H and O–H groups in total. The number of hydrogen-bond donors (Lipinski definition) is 1. The van der Waals surface area contributed by atoms with Crippen molar-refractivity contribution in [3.05, 3.63) is 50.9 Å². The average molecular weight is 376 g/mol. The quantitative estimate of drug-likeness (QED) is 0.662. The number of anilines is 1. The number of halogens is 1. The van der Waals surface area contributed by atoms with Crippen LogP contribution in [0.2, 0.25) is 5.02 Å². The van der Waals surface area contributed by atoms with Crippen molar-refractivity contribution < 1.29 is 14.3 Å². The largest absolute Gasteiger partial charge is 0.469 e. The van der Waals surface area contributed by atoms with E-state index in [1.165, 1.54) is 18.4 Å². The molecule has 1 aromatic heterocycles. The van der Waals surface area contributed by atoms with E-state index in [1.54, 1.807) is 12.1 Å². The number of fused-ring (bicyclic) bond motifs is 1. The second kappa shape index (κ2) is 6.84. The molecular formula is C18H16ClN2O3S+. The molecule has 0 spiro atoms. The van der Waals surface area contributed by atoms with Gasteiger partial charge in [0, 0.05) is 9.90 Å². The van der Waals surface area contributed by atoms with Gasteiger partial charge in [-0.05, 0) is 43.7 Å². The Hall–Kier alpha value is -2.40. The van der Waals surface area contributed by atoms with Crippen LogP contribution in [0.15, 0.2) is 24.3 Å². The zero-order valence-electron chi connectivity index (χ0n) is 14.0. The molecule has 25 heavy (non-hydrogen) atoms. The summed E-state index contributed by atoms with van der Waals surface area (Å²) >= 11 is 7.48. The van der Waals surface area contributed by atoms with Crippen LogP contribution in [0.5, 0.6) is 0 Å². The summed E-state index contributed by atoms with van der Waals surface area (Å²) in [6.45, 7) is 3.99. The Balaban J connectivity index is 2.28. The lowest BCUT2D eigenvalue weighted by Crippen LogP contribution is -2.26. The monoisotopic (exact) mass is 375 g/mol. The first-order valence-electron chi connectivity index (χ1n) is 7.59. The van der Waals surface area contributed by atoms with Gasteiger partial charge in [0.25, 0.3) is 0 Å². The van der Waals surface area contributed by atoms with Gasteiger partial charge in [-0.2, -0.15) is 0 Å². The normalized spacial score (nSPS) is 13.4. The fourth-order valence-electron chi connectivity index (χ4n) is 2.56. The molecule has 2 aromatic rings. The standard InChI is InChI=1S/C18H15ClN2O3S/c1-9-10(2)25-18-15(9)16(11-4-6-12(19)7-5-11)20-13(17(23)21-18)8-14(22)24-3/h4-7H,8H2,1-3H3/p+1. The van der Waals surface area contributed by atoms with Gasteiger partial charge in [-0.3, -0.25) is 9.59 Å². The summed E-state index contributed by atoms with van der Waals surface area (Å²) < 4.78 is 9.22. The molecule has 0 atom stereocenters. The first kappa shape index (κ1) is 17.4. The number of rotatable bonds is 3. The Morgan fingerprint density at radius 2 is 1.96 bits per heavy atom. The Bertz CT molecular complexity index is 938. The van der Waals surface area contributed by atoms with E-state index in [9.17, 15) is 9.59 Å². The molecule has 3 rings (SSSR count). The van der Waals surface area contributed by atoms with Crippen LogP contribution in [0.4, 0.5) is 5.00 Å². The predicted octanol–water partition coefficient (Wildman–Crippen LogP) is 2.88. The number of hydrogen-bond acceptors (Lipinski definition) is 4. The van der Waals surface area contributed by atoms with E-state index in [-0.39, 0.29) is 12.1 Å². The lowest BCUT2D eigenvalue weighted by atomic mass is 10.0. The third-order valence-electron chi connectivity index (χ3n) is 4.02. The zero-order valence-corrected chi connectivity index (χ0v) is 15.5. The topological polar surface area (TPSA) is 69.5 Å². The number of aryl methyl sites for hydroxylation is 1. The molecular weight excluding hydrogens is 360 g/mol. The van der Waals surface area contributed by atoms with E-state index in [1.807, 2.05) is 26.0 Å². The number of carbonyl (C=O) groups excluding carboxylic acids is 2. The van der Waals surface area contributed by atoms with Crippen molar-refractivity contribution in [1.82, 2.24) is 4.67 Å². The van der Waals surface area contributed by atoms with Crippen molar-refractivity contribution in [3.8, 4) is 0 Å². The highest BCUT2D eigenvalue weighted by Gasteiger charge is 2.35. The van der Waals surface area contributed by atoms with Crippen LogP contribution in [0.3, 0.4) is 0 Å². The fourth-order valence-corrected chi connectivity index (χ4v) is 3.75. The molecule has 0 fully saturated rings. The highest BCUT2D eigenvalue weighted by molar-refractivity contribution is 7.17. The number of nitrogens with zero attached hydrogens (tertiary/aromatic N) is 1. The van der Waals surface area contributed by atoms with Gasteiger partial charge in [0.2, 0.25) is 0 Å². The van der Waals surface area contributed by atoms with Crippen molar-refractivity contribution in [2.24, 2.45) is 0 Å². The van der Waals surface area contributed by atoms with Crippen LogP contribution >= 0.6 is 22.9 Å². The summed E-state index contributed by atoms with van der Waals surface area (Å²) in [6.07, 6.45) is -0.188. The molecule has 1 amide bonds. The van der Waals surface area contributed by atoms with Gasteiger partial charge >= 0.3 is 23.3 Å². The van der Waals surface area contributed by atoms with Crippen molar-refractivity contribution in [3.63, 3.8) is 0 Å². The number of amides is 1. The molecule has 0 radical (unpaired) electrons. The first-order chi connectivity index (χ1) is 11.9. The minimum atomic E-state index is -0.512. The van der Waals surface area contributed by atoms with Crippen LogP contribution in [-0.4, -0.2) is 30.4 Å². The molecule has 0 saturated carbocycles. The number of methoxy groups -OCH3 is 1. The number of ether oxygens (including phenoxy) is 1. The molecule has 0 saturated heterocycles. The summed E-state index contributed by atoms with van der Waals surface area (Å²) in [6, 6.07) is 7.24. The summed E-state index contributed by atoms with van der Waals surface area (Å²) in [5.41, 5.74) is 3.51. The zero-order chi connectivity index (χ0) is 18.1. The van der Waals surface area contributed by atoms with Crippen LogP contribution in [0, 0.1) is 13.8 Å². The number of esters is 1. The molecule has 0 aliphatic carbocycles. The van der Waals surface area contributed by atoms with Gasteiger partial charge in [0.15, 0.2) is 6.42 Å². The Morgan fingerprint density at radius 3 is 2.60 bits per heavy atom. The van der Waals surface area contributed by atoms with Gasteiger partial charge in [-0.1, -0.05) is 16.3 Å². The second-order valence-electron chi connectivity index (χ2n) is 5.61. The molecule has 0 bridgehead atoms. The van der Waals surface area contributed by atoms with Gasteiger partial charge < -0.3 is 10.1 Å². The first-order valence-corrected chi connectivity index (χ1v) is 8.79. The van der Waals surface area contributed by atoms with E-state index < -0.39 is 11.9 Å². The SMILES string of the molecule is COC(=O)CC1=[N+]=C(c2ccc(Cl)cc2)c2c(sc(C)c2C)NC1=O.